The smallest absolute Gasteiger partial charge is 0.349 e. The highest BCUT2D eigenvalue weighted by molar-refractivity contribution is 8.02. The van der Waals surface area contributed by atoms with Gasteiger partial charge in [-0.3, -0.25) is 0 Å². The van der Waals surface area contributed by atoms with E-state index in [0.717, 1.165) is 0 Å². The summed E-state index contributed by atoms with van der Waals surface area (Å²) in [6.07, 6.45) is 1.80. The van der Waals surface area contributed by atoms with E-state index in [1.54, 1.807) is 19.2 Å². The zero-order chi connectivity index (χ0) is 8.85. The highest BCUT2D eigenvalue weighted by Crippen LogP contribution is 2.15. The fourth-order valence-corrected chi connectivity index (χ4v) is 0.805. The molecule has 0 fully saturated rings. The summed E-state index contributed by atoms with van der Waals surface area (Å²) in [6, 6.07) is 1.79. The Kier molecular flexibility index (Phi) is 4.39. The van der Waals surface area contributed by atoms with Gasteiger partial charge in [-0.25, -0.2) is 4.79 Å². The average Bonchev–Trinajstić information content (AvgIpc) is 2.05. The third-order valence-electron chi connectivity index (χ3n) is 1.16. The van der Waals surface area contributed by atoms with Crippen LogP contribution in [0.25, 0.3) is 0 Å². The zero-order valence-electron chi connectivity index (χ0n) is 6.67. The van der Waals surface area contributed by atoms with Crippen molar-refractivity contribution in [3.8, 4) is 6.07 Å². The Morgan fingerprint density at radius 2 is 2.18 bits per heavy atom. The maximum absolute atomic E-state index is 10.8. The molecule has 0 aliphatic heterocycles. The van der Waals surface area contributed by atoms with E-state index >= 15 is 0 Å². The Labute approximate surface area is 70.0 Å². The average molecular weight is 171 g/mol. The number of rotatable bonds is 2. The van der Waals surface area contributed by atoms with Gasteiger partial charge in [0.2, 0.25) is 0 Å². The molecule has 11 heavy (non-hydrogen) atoms. The summed E-state index contributed by atoms with van der Waals surface area (Å²) >= 11 is 1.36. The van der Waals surface area contributed by atoms with Gasteiger partial charge in [-0.05, 0) is 13.2 Å². The first-order chi connectivity index (χ1) is 5.17. The standard InChI is InChI=1S/C7H9NO2S/c1-5(11-3)6(4-8)7(9)10-2/h1-3H3. The van der Waals surface area contributed by atoms with E-state index in [1.807, 2.05) is 0 Å². The number of ether oxygens (including phenoxy) is 1. The van der Waals surface area contributed by atoms with Crippen LogP contribution in [-0.2, 0) is 9.53 Å². The minimum Gasteiger partial charge on any atom is -0.465 e. The molecule has 0 radical (unpaired) electrons. The summed E-state index contributed by atoms with van der Waals surface area (Å²) in [7, 11) is 1.26. The Bertz CT molecular complexity index is 227. The molecule has 60 valence electrons. The van der Waals surface area contributed by atoms with Crippen LogP contribution in [0.1, 0.15) is 6.92 Å². The van der Waals surface area contributed by atoms with Crippen LogP contribution in [0.2, 0.25) is 0 Å². The zero-order valence-corrected chi connectivity index (χ0v) is 7.49. The molecule has 0 aromatic heterocycles. The second-order valence-corrected chi connectivity index (χ2v) is 2.76. The van der Waals surface area contributed by atoms with Gasteiger partial charge in [0.05, 0.1) is 7.11 Å². The van der Waals surface area contributed by atoms with Gasteiger partial charge in [-0.1, -0.05) is 0 Å². The van der Waals surface area contributed by atoms with E-state index in [9.17, 15) is 4.79 Å². The lowest BCUT2D eigenvalue weighted by Gasteiger charge is -1.98. The van der Waals surface area contributed by atoms with E-state index in [0.29, 0.717) is 4.91 Å². The minimum absolute atomic E-state index is 0.0833. The van der Waals surface area contributed by atoms with Gasteiger partial charge in [-0.2, -0.15) is 5.26 Å². The van der Waals surface area contributed by atoms with E-state index in [4.69, 9.17) is 5.26 Å². The molecule has 0 amide bonds. The molecule has 0 saturated heterocycles. The molecule has 0 aliphatic carbocycles. The highest BCUT2D eigenvalue weighted by Gasteiger charge is 2.11. The van der Waals surface area contributed by atoms with Crippen molar-refractivity contribution < 1.29 is 9.53 Å². The number of methoxy groups -OCH3 is 1. The molecule has 0 N–H and O–H groups in total. The molecule has 3 nitrogen and oxygen atoms in total. The Morgan fingerprint density at radius 1 is 1.64 bits per heavy atom. The van der Waals surface area contributed by atoms with Crippen LogP contribution in [0.15, 0.2) is 10.5 Å². The monoisotopic (exact) mass is 171 g/mol. The Morgan fingerprint density at radius 3 is 2.45 bits per heavy atom. The van der Waals surface area contributed by atoms with E-state index in [1.165, 1.54) is 18.9 Å². The number of hydrogen-bond acceptors (Lipinski definition) is 4. The van der Waals surface area contributed by atoms with Gasteiger partial charge >= 0.3 is 5.97 Å². The first-order valence-electron chi connectivity index (χ1n) is 2.90. The van der Waals surface area contributed by atoms with Gasteiger partial charge in [0.15, 0.2) is 0 Å². The van der Waals surface area contributed by atoms with Crippen LogP contribution in [0, 0.1) is 11.3 Å². The number of nitriles is 1. The maximum Gasteiger partial charge on any atom is 0.349 e. The van der Waals surface area contributed by atoms with Crippen molar-refractivity contribution in [2.45, 2.75) is 6.92 Å². The number of hydrogen-bond donors (Lipinski definition) is 0. The number of thioether (sulfide) groups is 1. The molecule has 0 aromatic rings. The largest absolute Gasteiger partial charge is 0.465 e. The lowest BCUT2D eigenvalue weighted by molar-refractivity contribution is -0.135. The first kappa shape index (κ1) is 10.0. The molecule has 0 rings (SSSR count). The van der Waals surface area contributed by atoms with Crippen molar-refractivity contribution >= 4 is 17.7 Å². The third-order valence-corrected chi connectivity index (χ3v) is 1.98. The van der Waals surface area contributed by atoms with Crippen molar-refractivity contribution in [2.24, 2.45) is 0 Å². The molecular weight excluding hydrogens is 162 g/mol. The van der Waals surface area contributed by atoms with Crippen molar-refractivity contribution in [1.82, 2.24) is 0 Å². The summed E-state index contributed by atoms with van der Waals surface area (Å²) in [4.78, 5) is 11.5. The Balaban J connectivity index is 4.69. The molecule has 0 bridgehead atoms. The fourth-order valence-electron chi connectivity index (χ4n) is 0.472. The van der Waals surface area contributed by atoms with Crippen LogP contribution in [0.3, 0.4) is 0 Å². The molecule has 0 atom stereocenters. The lowest BCUT2D eigenvalue weighted by atomic mass is 10.3. The minimum atomic E-state index is -0.570. The highest BCUT2D eigenvalue weighted by atomic mass is 32.2. The second kappa shape index (κ2) is 4.80. The first-order valence-corrected chi connectivity index (χ1v) is 4.13. The summed E-state index contributed by atoms with van der Waals surface area (Å²) in [5.74, 6) is -0.570. The molecule has 4 heteroatoms. The van der Waals surface area contributed by atoms with Crippen molar-refractivity contribution in [3.63, 3.8) is 0 Å². The van der Waals surface area contributed by atoms with Crippen molar-refractivity contribution in [1.29, 1.82) is 5.26 Å². The number of esters is 1. The molecule has 0 spiro atoms. The van der Waals surface area contributed by atoms with Crippen LogP contribution in [0.5, 0.6) is 0 Å². The number of carbonyl (C=O) groups excluding carboxylic acids is 1. The molecule has 0 saturated carbocycles. The predicted octanol–water partition coefficient (Wildman–Crippen LogP) is 1.32. The predicted molar refractivity (Wildman–Crippen MR) is 43.8 cm³/mol. The summed E-state index contributed by atoms with van der Waals surface area (Å²) < 4.78 is 4.39. The maximum atomic E-state index is 10.8. The Hall–Kier alpha value is -0.950. The fraction of sp³-hybridized carbons (Fsp3) is 0.429. The third kappa shape index (κ3) is 2.64. The van der Waals surface area contributed by atoms with Gasteiger partial charge in [-0.15, -0.1) is 11.8 Å². The van der Waals surface area contributed by atoms with E-state index in [2.05, 4.69) is 4.74 Å². The van der Waals surface area contributed by atoms with Crippen molar-refractivity contribution in [3.05, 3.63) is 10.5 Å². The topological polar surface area (TPSA) is 50.1 Å². The summed E-state index contributed by atoms with van der Waals surface area (Å²) in [5, 5.41) is 8.51. The van der Waals surface area contributed by atoms with Gasteiger partial charge in [0, 0.05) is 4.91 Å². The molecule has 0 aromatic carbocycles. The molecule has 0 unspecified atom stereocenters. The van der Waals surface area contributed by atoms with Gasteiger partial charge in [0.25, 0.3) is 0 Å². The summed E-state index contributed by atoms with van der Waals surface area (Å²) in [5.41, 5.74) is 0.0833. The molecular formula is C7H9NO2S. The lowest BCUT2D eigenvalue weighted by Crippen LogP contribution is -2.04. The molecule has 0 heterocycles. The molecule has 0 aliphatic rings. The number of nitrogens with zero attached hydrogens (tertiary/aromatic N) is 1. The van der Waals surface area contributed by atoms with Crippen LogP contribution < -0.4 is 0 Å². The normalized spacial score (nSPS) is 11.5. The van der Waals surface area contributed by atoms with Crippen LogP contribution >= 0.6 is 11.8 Å². The summed E-state index contributed by atoms with van der Waals surface area (Å²) in [6.45, 7) is 1.71. The van der Waals surface area contributed by atoms with E-state index in [-0.39, 0.29) is 5.57 Å². The second-order valence-electron chi connectivity index (χ2n) is 1.74. The van der Waals surface area contributed by atoms with Gasteiger partial charge in [0.1, 0.15) is 11.6 Å². The number of carbonyl (C=O) groups is 1. The van der Waals surface area contributed by atoms with Crippen LogP contribution in [0.4, 0.5) is 0 Å². The van der Waals surface area contributed by atoms with E-state index < -0.39 is 5.97 Å². The van der Waals surface area contributed by atoms with Crippen LogP contribution in [-0.4, -0.2) is 19.3 Å². The number of allylic oxidation sites excluding steroid dienone is 1. The van der Waals surface area contributed by atoms with Gasteiger partial charge < -0.3 is 4.74 Å². The SMILES string of the molecule is COC(=O)C(C#N)=C(C)SC. The quantitative estimate of drug-likeness (QED) is 0.357. The van der Waals surface area contributed by atoms with Crippen molar-refractivity contribution in [2.75, 3.05) is 13.4 Å².